The molecule has 4 heteroatoms. The normalized spacial score (nSPS) is 27.8. The Morgan fingerprint density at radius 1 is 1.50 bits per heavy atom. The molecule has 1 saturated heterocycles. The van der Waals surface area contributed by atoms with Crippen LogP contribution in [0.15, 0.2) is 0 Å². The molecule has 0 aromatic heterocycles. The predicted octanol–water partition coefficient (Wildman–Crippen LogP) is 1.49. The molecule has 0 spiro atoms. The van der Waals surface area contributed by atoms with Crippen molar-refractivity contribution in [2.45, 2.75) is 58.2 Å². The first-order valence-corrected chi connectivity index (χ1v) is 5.80. The number of carbonyl (C=O) groups is 1. The fraction of sp³-hybridized carbons (Fsp3) is 0.917. The van der Waals surface area contributed by atoms with Crippen LogP contribution in [0.2, 0.25) is 0 Å². The van der Waals surface area contributed by atoms with Gasteiger partial charge in [0.1, 0.15) is 11.6 Å². The maximum absolute atomic E-state index is 11.8. The van der Waals surface area contributed by atoms with Crippen molar-refractivity contribution in [3.63, 3.8) is 0 Å². The fourth-order valence-corrected chi connectivity index (χ4v) is 1.75. The van der Waals surface area contributed by atoms with Crippen molar-refractivity contribution in [2.75, 3.05) is 13.2 Å². The number of hydrogen-bond donors (Lipinski definition) is 1. The van der Waals surface area contributed by atoms with Gasteiger partial charge in [0.15, 0.2) is 0 Å². The summed E-state index contributed by atoms with van der Waals surface area (Å²) in [7, 11) is 0. The molecule has 1 fully saturated rings. The van der Waals surface area contributed by atoms with E-state index in [1.54, 1.807) is 0 Å². The van der Waals surface area contributed by atoms with Crippen LogP contribution in [0.25, 0.3) is 0 Å². The molecule has 16 heavy (non-hydrogen) atoms. The molecule has 2 atom stereocenters. The number of hydrogen-bond acceptors (Lipinski definition) is 4. The largest absolute Gasteiger partial charge is 0.459 e. The molecule has 1 aliphatic heterocycles. The quantitative estimate of drug-likeness (QED) is 0.745. The highest BCUT2D eigenvalue weighted by Crippen LogP contribution is 2.19. The van der Waals surface area contributed by atoms with Crippen LogP contribution in [0, 0.1) is 0 Å². The van der Waals surface area contributed by atoms with Crippen LogP contribution in [0.1, 0.15) is 41.0 Å². The summed E-state index contributed by atoms with van der Waals surface area (Å²) in [6.07, 6.45) is 0.931. The summed E-state index contributed by atoms with van der Waals surface area (Å²) in [5.41, 5.74) is -0.531. The maximum Gasteiger partial charge on any atom is 0.323 e. The molecule has 0 amide bonds. The van der Waals surface area contributed by atoms with Gasteiger partial charge in [-0.1, -0.05) is 0 Å². The Hall–Kier alpha value is -0.610. The van der Waals surface area contributed by atoms with E-state index in [1.807, 2.05) is 27.7 Å². The van der Waals surface area contributed by atoms with Crippen LogP contribution in [0.3, 0.4) is 0 Å². The Labute approximate surface area is 97.7 Å². The molecule has 2 unspecified atom stereocenters. The van der Waals surface area contributed by atoms with Crippen molar-refractivity contribution in [1.82, 2.24) is 5.32 Å². The van der Waals surface area contributed by atoms with Gasteiger partial charge < -0.3 is 9.47 Å². The van der Waals surface area contributed by atoms with Crippen LogP contribution < -0.4 is 5.32 Å². The number of carbonyl (C=O) groups excluding carboxylic acids is 1. The predicted molar refractivity (Wildman–Crippen MR) is 62.3 cm³/mol. The van der Waals surface area contributed by atoms with Gasteiger partial charge in [0.05, 0.1) is 6.61 Å². The Morgan fingerprint density at radius 2 is 2.12 bits per heavy atom. The summed E-state index contributed by atoms with van der Waals surface area (Å²) >= 11 is 0. The van der Waals surface area contributed by atoms with E-state index in [0.29, 0.717) is 6.61 Å². The second-order valence-corrected chi connectivity index (χ2v) is 5.76. The summed E-state index contributed by atoms with van der Waals surface area (Å²) in [6.45, 7) is 10.9. The lowest BCUT2D eigenvalue weighted by Crippen LogP contribution is -2.51. The summed E-state index contributed by atoms with van der Waals surface area (Å²) in [5, 5.41) is 3.28. The maximum atomic E-state index is 11.8. The van der Waals surface area contributed by atoms with Gasteiger partial charge >= 0.3 is 5.97 Å². The van der Waals surface area contributed by atoms with Crippen LogP contribution in [-0.4, -0.2) is 36.4 Å². The smallest absolute Gasteiger partial charge is 0.323 e. The van der Waals surface area contributed by atoms with Crippen molar-refractivity contribution < 1.29 is 14.3 Å². The lowest BCUT2D eigenvalue weighted by Gasteiger charge is -2.29. The van der Waals surface area contributed by atoms with Crippen molar-refractivity contribution in [2.24, 2.45) is 0 Å². The second kappa shape index (κ2) is 4.72. The van der Waals surface area contributed by atoms with Crippen LogP contribution in [-0.2, 0) is 14.3 Å². The van der Waals surface area contributed by atoms with E-state index in [2.05, 4.69) is 12.2 Å². The number of rotatable bonds is 3. The van der Waals surface area contributed by atoms with E-state index >= 15 is 0 Å². The molecule has 1 rings (SSSR count). The third-order valence-corrected chi connectivity index (χ3v) is 2.54. The SMILES string of the molecule is CC(NC1(C)CCOC1)C(=O)OC(C)(C)C. The van der Waals surface area contributed by atoms with Gasteiger partial charge in [-0.25, -0.2) is 0 Å². The van der Waals surface area contributed by atoms with Gasteiger partial charge in [-0.15, -0.1) is 0 Å². The molecular weight excluding hydrogens is 206 g/mol. The van der Waals surface area contributed by atoms with E-state index in [9.17, 15) is 4.79 Å². The van der Waals surface area contributed by atoms with E-state index < -0.39 is 5.60 Å². The first-order valence-electron chi connectivity index (χ1n) is 5.80. The summed E-state index contributed by atoms with van der Waals surface area (Å²) < 4.78 is 10.6. The zero-order chi connectivity index (χ0) is 12.4. The van der Waals surface area contributed by atoms with Crippen molar-refractivity contribution in [3.8, 4) is 0 Å². The zero-order valence-corrected chi connectivity index (χ0v) is 10.9. The highest BCUT2D eigenvalue weighted by molar-refractivity contribution is 5.75. The zero-order valence-electron chi connectivity index (χ0n) is 10.9. The highest BCUT2D eigenvalue weighted by atomic mass is 16.6. The van der Waals surface area contributed by atoms with Gasteiger partial charge in [-0.3, -0.25) is 10.1 Å². The Bertz CT molecular complexity index is 251. The van der Waals surface area contributed by atoms with Crippen molar-refractivity contribution >= 4 is 5.97 Å². The van der Waals surface area contributed by atoms with E-state index in [0.717, 1.165) is 13.0 Å². The standard InChI is InChI=1S/C12H23NO3/c1-9(10(14)16-11(2,3)4)13-12(5)6-7-15-8-12/h9,13H,6-8H2,1-5H3. The minimum absolute atomic E-state index is 0.101. The van der Waals surface area contributed by atoms with E-state index in [-0.39, 0.29) is 17.6 Å². The molecule has 1 N–H and O–H groups in total. The molecule has 0 aliphatic carbocycles. The average molecular weight is 229 g/mol. The van der Waals surface area contributed by atoms with Gasteiger partial charge in [-0.2, -0.15) is 0 Å². The number of ether oxygens (including phenoxy) is 2. The summed E-state index contributed by atoms with van der Waals surface area (Å²) in [5.74, 6) is -0.208. The topological polar surface area (TPSA) is 47.6 Å². The van der Waals surface area contributed by atoms with Crippen LogP contribution in [0.4, 0.5) is 0 Å². The minimum atomic E-state index is -0.430. The second-order valence-electron chi connectivity index (χ2n) is 5.76. The number of nitrogens with one attached hydrogen (secondary N) is 1. The number of esters is 1. The third-order valence-electron chi connectivity index (χ3n) is 2.54. The van der Waals surface area contributed by atoms with Gasteiger partial charge in [0, 0.05) is 12.1 Å². The Kier molecular flexibility index (Phi) is 3.97. The Morgan fingerprint density at radius 3 is 2.56 bits per heavy atom. The molecule has 1 heterocycles. The lowest BCUT2D eigenvalue weighted by atomic mass is 10.0. The van der Waals surface area contributed by atoms with Gasteiger partial charge in [-0.05, 0) is 41.0 Å². The van der Waals surface area contributed by atoms with Crippen molar-refractivity contribution in [3.05, 3.63) is 0 Å². The molecule has 0 radical (unpaired) electrons. The van der Waals surface area contributed by atoms with Crippen LogP contribution in [0.5, 0.6) is 0 Å². The highest BCUT2D eigenvalue weighted by Gasteiger charge is 2.33. The molecule has 0 saturated carbocycles. The molecule has 4 nitrogen and oxygen atoms in total. The van der Waals surface area contributed by atoms with Crippen molar-refractivity contribution in [1.29, 1.82) is 0 Å². The third kappa shape index (κ3) is 4.10. The average Bonchev–Trinajstić information content (AvgIpc) is 2.48. The van der Waals surface area contributed by atoms with Crippen LogP contribution >= 0.6 is 0 Å². The monoisotopic (exact) mass is 229 g/mol. The van der Waals surface area contributed by atoms with Gasteiger partial charge in [0.2, 0.25) is 0 Å². The first kappa shape index (κ1) is 13.5. The minimum Gasteiger partial charge on any atom is -0.459 e. The van der Waals surface area contributed by atoms with E-state index in [1.165, 1.54) is 0 Å². The molecule has 0 bridgehead atoms. The fourth-order valence-electron chi connectivity index (χ4n) is 1.75. The Balaban J connectivity index is 2.45. The molecule has 94 valence electrons. The van der Waals surface area contributed by atoms with E-state index in [4.69, 9.17) is 9.47 Å². The lowest BCUT2D eigenvalue weighted by molar-refractivity contribution is -0.157. The molecular formula is C12H23NO3. The first-order chi connectivity index (χ1) is 7.22. The molecule has 0 aromatic rings. The molecule has 1 aliphatic rings. The summed E-state index contributed by atoms with van der Waals surface area (Å²) in [4.78, 5) is 11.8. The van der Waals surface area contributed by atoms with Gasteiger partial charge in [0.25, 0.3) is 0 Å². The molecule has 0 aromatic carbocycles. The summed E-state index contributed by atoms with van der Waals surface area (Å²) in [6, 6.07) is -0.300.